The summed E-state index contributed by atoms with van der Waals surface area (Å²) in [6.45, 7) is 0.494. The Kier molecular flexibility index (Phi) is 2.89. The first-order valence-electron chi connectivity index (χ1n) is 6.00. The van der Waals surface area contributed by atoms with Gasteiger partial charge in [0.1, 0.15) is 5.75 Å². The first-order valence-corrected chi connectivity index (χ1v) is 6.00. The molecule has 96 valence electrons. The largest absolute Gasteiger partial charge is 0.497 e. The Morgan fingerprint density at radius 3 is 2.63 bits per heavy atom. The highest BCUT2D eigenvalue weighted by Crippen LogP contribution is 2.20. The molecule has 0 aliphatic heterocycles. The zero-order valence-corrected chi connectivity index (χ0v) is 10.6. The van der Waals surface area contributed by atoms with Crippen LogP contribution in [0.15, 0.2) is 42.6 Å². The molecule has 0 saturated carbocycles. The van der Waals surface area contributed by atoms with E-state index in [4.69, 9.17) is 10.5 Å². The standard InChI is InChI=1S/C14H14N4O/c1-19-12-5-3-11(4-6-12)14-16-13-7-2-10(8-15)9-18(13)17-14/h2-7,9H,8,15H2,1H3. The molecule has 1 aromatic carbocycles. The van der Waals surface area contributed by atoms with Gasteiger partial charge < -0.3 is 10.5 Å². The topological polar surface area (TPSA) is 65.4 Å². The van der Waals surface area contributed by atoms with E-state index in [0.29, 0.717) is 12.4 Å². The number of ether oxygens (including phenoxy) is 1. The van der Waals surface area contributed by atoms with Gasteiger partial charge in [-0.3, -0.25) is 0 Å². The van der Waals surface area contributed by atoms with Crippen molar-refractivity contribution >= 4 is 5.65 Å². The van der Waals surface area contributed by atoms with Gasteiger partial charge in [0.25, 0.3) is 0 Å². The van der Waals surface area contributed by atoms with Gasteiger partial charge in [-0.25, -0.2) is 9.50 Å². The predicted octanol–water partition coefficient (Wildman–Crippen LogP) is 1.86. The second-order valence-electron chi connectivity index (χ2n) is 4.21. The van der Waals surface area contributed by atoms with Crippen LogP contribution in [0.1, 0.15) is 5.56 Å². The van der Waals surface area contributed by atoms with Crippen LogP contribution in [-0.2, 0) is 6.54 Å². The fourth-order valence-corrected chi connectivity index (χ4v) is 1.91. The normalized spacial score (nSPS) is 10.8. The molecule has 0 aliphatic carbocycles. The summed E-state index contributed by atoms with van der Waals surface area (Å²) >= 11 is 0. The number of hydrogen-bond donors (Lipinski definition) is 1. The summed E-state index contributed by atoms with van der Waals surface area (Å²) in [6.07, 6.45) is 1.90. The lowest BCUT2D eigenvalue weighted by molar-refractivity contribution is 0.415. The maximum atomic E-state index is 5.62. The highest BCUT2D eigenvalue weighted by molar-refractivity contribution is 5.59. The highest BCUT2D eigenvalue weighted by atomic mass is 16.5. The number of rotatable bonds is 3. The molecule has 5 heteroatoms. The van der Waals surface area contributed by atoms with Crippen LogP contribution in [-0.4, -0.2) is 21.7 Å². The third kappa shape index (κ3) is 2.15. The molecule has 3 rings (SSSR count). The van der Waals surface area contributed by atoms with Gasteiger partial charge in [-0.05, 0) is 35.9 Å². The van der Waals surface area contributed by atoms with Crippen LogP contribution in [0.5, 0.6) is 5.75 Å². The maximum Gasteiger partial charge on any atom is 0.182 e. The van der Waals surface area contributed by atoms with Gasteiger partial charge >= 0.3 is 0 Å². The molecule has 5 nitrogen and oxygen atoms in total. The third-order valence-corrected chi connectivity index (χ3v) is 2.98. The Balaban J connectivity index is 2.04. The van der Waals surface area contributed by atoms with Crippen LogP contribution in [0.4, 0.5) is 0 Å². The number of pyridine rings is 1. The van der Waals surface area contributed by atoms with Crippen LogP contribution in [0.3, 0.4) is 0 Å². The second kappa shape index (κ2) is 4.70. The molecule has 0 bridgehead atoms. The average molecular weight is 254 g/mol. The SMILES string of the molecule is COc1ccc(-c2nc3ccc(CN)cn3n2)cc1. The summed E-state index contributed by atoms with van der Waals surface area (Å²) in [5.74, 6) is 1.51. The van der Waals surface area contributed by atoms with E-state index < -0.39 is 0 Å². The lowest BCUT2D eigenvalue weighted by atomic mass is 10.2. The van der Waals surface area contributed by atoms with Gasteiger partial charge in [0.2, 0.25) is 0 Å². The Morgan fingerprint density at radius 2 is 1.95 bits per heavy atom. The molecule has 0 unspecified atom stereocenters. The van der Waals surface area contributed by atoms with E-state index in [9.17, 15) is 0 Å². The molecule has 0 saturated heterocycles. The zero-order chi connectivity index (χ0) is 13.2. The summed E-state index contributed by atoms with van der Waals surface area (Å²) in [7, 11) is 1.65. The molecule has 3 aromatic rings. The number of hydrogen-bond acceptors (Lipinski definition) is 4. The Morgan fingerprint density at radius 1 is 1.16 bits per heavy atom. The van der Waals surface area contributed by atoms with Crippen molar-refractivity contribution in [3.05, 3.63) is 48.2 Å². The molecule has 19 heavy (non-hydrogen) atoms. The molecule has 2 N–H and O–H groups in total. The number of nitrogens with two attached hydrogens (primary N) is 1. The first-order chi connectivity index (χ1) is 9.30. The van der Waals surface area contributed by atoms with Crippen molar-refractivity contribution in [3.8, 4) is 17.1 Å². The zero-order valence-electron chi connectivity index (χ0n) is 10.6. The van der Waals surface area contributed by atoms with Crippen LogP contribution < -0.4 is 10.5 Å². The van der Waals surface area contributed by atoms with Crippen molar-refractivity contribution in [2.75, 3.05) is 7.11 Å². The molecule has 0 spiro atoms. The van der Waals surface area contributed by atoms with E-state index >= 15 is 0 Å². The van der Waals surface area contributed by atoms with Gasteiger partial charge in [-0.1, -0.05) is 6.07 Å². The highest BCUT2D eigenvalue weighted by Gasteiger charge is 2.06. The fraction of sp³-hybridized carbons (Fsp3) is 0.143. The number of fused-ring (bicyclic) bond motifs is 1. The van der Waals surface area contributed by atoms with E-state index in [2.05, 4.69) is 10.1 Å². The van der Waals surface area contributed by atoms with E-state index in [1.165, 1.54) is 0 Å². The predicted molar refractivity (Wildman–Crippen MR) is 72.9 cm³/mol. The summed E-state index contributed by atoms with van der Waals surface area (Å²) in [5, 5.41) is 4.46. The van der Waals surface area contributed by atoms with Gasteiger partial charge in [0, 0.05) is 18.3 Å². The fourth-order valence-electron chi connectivity index (χ4n) is 1.91. The van der Waals surface area contributed by atoms with E-state index in [0.717, 1.165) is 22.5 Å². The van der Waals surface area contributed by atoms with Gasteiger partial charge in [0.05, 0.1) is 7.11 Å². The number of methoxy groups -OCH3 is 1. The summed E-state index contributed by atoms with van der Waals surface area (Å²) in [6, 6.07) is 11.6. The monoisotopic (exact) mass is 254 g/mol. The van der Waals surface area contributed by atoms with Crippen molar-refractivity contribution in [2.45, 2.75) is 6.54 Å². The molecule has 0 atom stereocenters. The van der Waals surface area contributed by atoms with E-state index in [1.54, 1.807) is 11.6 Å². The number of benzene rings is 1. The number of aromatic nitrogens is 3. The van der Waals surface area contributed by atoms with E-state index in [-0.39, 0.29) is 0 Å². The minimum Gasteiger partial charge on any atom is -0.497 e. The molecule has 0 fully saturated rings. The maximum absolute atomic E-state index is 5.62. The lowest BCUT2D eigenvalue weighted by Gasteiger charge is -1.99. The van der Waals surface area contributed by atoms with Crippen molar-refractivity contribution in [3.63, 3.8) is 0 Å². The number of nitrogens with zero attached hydrogens (tertiary/aromatic N) is 3. The Hall–Kier alpha value is -2.40. The summed E-state index contributed by atoms with van der Waals surface area (Å²) in [5.41, 5.74) is 8.41. The van der Waals surface area contributed by atoms with Gasteiger partial charge in [-0.15, -0.1) is 5.10 Å². The van der Waals surface area contributed by atoms with Crippen molar-refractivity contribution in [2.24, 2.45) is 5.73 Å². The van der Waals surface area contributed by atoms with Crippen LogP contribution in [0.25, 0.3) is 17.0 Å². The van der Waals surface area contributed by atoms with Crippen molar-refractivity contribution in [1.29, 1.82) is 0 Å². The van der Waals surface area contributed by atoms with Crippen molar-refractivity contribution in [1.82, 2.24) is 14.6 Å². The van der Waals surface area contributed by atoms with E-state index in [1.807, 2.05) is 42.6 Å². The minimum absolute atomic E-state index is 0.494. The second-order valence-corrected chi connectivity index (χ2v) is 4.21. The smallest absolute Gasteiger partial charge is 0.182 e. The average Bonchev–Trinajstić information content (AvgIpc) is 2.90. The minimum atomic E-state index is 0.494. The summed E-state index contributed by atoms with van der Waals surface area (Å²) < 4.78 is 6.89. The molecular formula is C14H14N4O. The van der Waals surface area contributed by atoms with Gasteiger partial charge in [-0.2, -0.15) is 0 Å². The van der Waals surface area contributed by atoms with Crippen LogP contribution >= 0.6 is 0 Å². The molecule has 2 aromatic heterocycles. The molecule has 0 amide bonds. The Bertz CT molecular complexity index is 703. The third-order valence-electron chi connectivity index (χ3n) is 2.98. The summed E-state index contributed by atoms with van der Waals surface area (Å²) in [4.78, 5) is 4.48. The van der Waals surface area contributed by atoms with Gasteiger partial charge in [0.15, 0.2) is 11.5 Å². The molecule has 2 heterocycles. The molecule has 0 radical (unpaired) electrons. The first kappa shape index (κ1) is 11.7. The quantitative estimate of drug-likeness (QED) is 0.774. The lowest BCUT2D eigenvalue weighted by Crippen LogP contribution is -1.98. The molecular weight excluding hydrogens is 240 g/mol. The van der Waals surface area contributed by atoms with Crippen LogP contribution in [0, 0.1) is 0 Å². The Labute approximate surface area is 110 Å². The van der Waals surface area contributed by atoms with Crippen molar-refractivity contribution < 1.29 is 4.74 Å². The molecule has 0 aliphatic rings. The van der Waals surface area contributed by atoms with Crippen LogP contribution in [0.2, 0.25) is 0 Å².